The number of phenols is 1. The molecule has 88 heavy (non-hydrogen) atoms. The van der Waals surface area contributed by atoms with Crippen LogP contribution in [-0.2, 0) is 70.4 Å². The van der Waals surface area contributed by atoms with Gasteiger partial charge in [-0.05, 0) is 81.0 Å². The van der Waals surface area contributed by atoms with Crippen LogP contribution in [0.1, 0.15) is 115 Å². The molecule has 3 aliphatic rings. The molecule has 5 rings (SSSR count). The van der Waals surface area contributed by atoms with Gasteiger partial charge in [0.1, 0.15) is 72.2 Å². The van der Waals surface area contributed by atoms with Crippen LogP contribution in [0.15, 0.2) is 54.6 Å². The van der Waals surface area contributed by atoms with Gasteiger partial charge in [-0.1, -0.05) is 88.4 Å². The lowest BCUT2D eigenvalue weighted by atomic mass is 9.96. The lowest BCUT2D eigenvalue weighted by Gasteiger charge is -2.35. The summed E-state index contributed by atoms with van der Waals surface area (Å²) in [5, 5.41) is 71.5. The summed E-state index contributed by atoms with van der Waals surface area (Å²) in [6.07, 6.45) is -1.07. The lowest BCUT2D eigenvalue weighted by Crippen LogP contribution is -2.62. The molecule has 3 saturated heterocycles. The smallest absolute Gasteiger partial charge is 0.326 e. The highest BCUT2D eigenvalue weighted by atomic mass is 16.4. The van der Waals surface area contributed by atoms with E-state index in [1.807, 2.05) is 0 Å². The van der Waals surface area contributed by atoms with Gasteiger partial charge < -0.3 is 89.3 Å². The number of hydrogen-bond acceptors (Lipinski definition) is 17. The van der Waals surface area contributed by atoms with Crippen molar-refractivity contribution in [3.05, 3.63) is 65.7 Å². The number of carboxylic acid groups (broad SMARTS) is 1. The summed E-state index contributed by atoms with van der Waals surface area (Å²) >= 11 is 0. The molecule has 0 unspecified atom stereocenters. The third-order valence-corrected chi connectivity index (χ3v) is 16.1. The maximum absolute atomic E-state index is 14.7. The first-order chi connectivity index (χ1) is 41.9. The first-order valence-corrected chi connectivity index (χ1v) is 29.9. The highest BCUT2D eigenvalue weighted by Gasteiger charge is 2.46. The number of nitrogens with one attached hydrogen (secondary N) is 8. The molecule has 3 fully saturated rings. The third-order valence-electron chi connectivity index (χ3n) is 16.1. The van der Waals surface area contributed by atoms with E-state index in [4.69, 9.17) is 11.5 Å². The number of aliphatic hydroxyl groups excluding tert-OH is 3. The topological polar surface area (TPSA) is 461 Å². The molecule has 13 atom stereocenters. The first-order valence-electron chi connectivity index (χ1n) is 29.9. The Morgan fingerprint density at radius 3 is 1.83 bits per heavy atom. The maximum Gasteiger partial charge on any atom is 0.326 e. The molecule has 0 spiro atoms. The number of carboxylic acids is 1. The molecule has 0 bridgehead atoms. The minimum Gasteiger partial charge on any atom is -0.508 e. The summed E-state index contributed by atoms with van der Waals surface area (Å²) in [7, 11) is 0. The van der Waals surface area contributed by atoms with Crippen molar-refractivity contribution in [3.8, 4) is 5.75 Å². The van der Waals surface area contributed by atoms with Gasteiger partial charge in [0, 0.05) is 32.4 Å². The first kappa shape index (κ1) is 70.5. The van der Waals surface area contributed by atoms with Crippen molar-refractivity contribution in [3.63, 3.8) is 0 Å². The Bertz CT molecular complexity index is 2770. The van der Waals surface area contributed by atoms with Gasteiger partial charge in [-0.15, -0.1) is 0 Å². The van der Waals surface area contributed by atoms with E-state index in [0.717, 1.165) is 0 Å². The van der Waals surface area contributed by atoms with Gasteiger partial charge in [-0.3, -0.25) is 52.7 Å². The minimum atomic E-state index is -1.80. The van der Waals surface area contributed by atoms with Crippen molar-refractivity contribution in [2.24, 2.45) is 17.4 Å². The van der Waals surface area contributed by atoms with Crippen LogP contribution in [0.25, 0.3) is 0 Å². The van der Waals surface area contributed by atoms with Gasteiger partial charge in [0.15, 0.2) is 0 Å². The van der Waals surface area contributed by atoms with Crippen molar-refractivity contribution < 1.29 is 83.1 Å². The summed E-state index contributed by atoms with van der Waals surface area (Å²) < 4.78 is 0. The van der Waals surface area contributed by atoms with Crippen LogP contribution >= 0.6 is 0 Å². The molecule has 11 amide bonds. The average Bonchev–Trinajstić information content (AvgIpc) is 2.85. The summed E-state index contributed by atoms with van der Waals surface area (Å²) in [4.78, 5) is 170. The van der Waals surface area contributed by atoms with E-state index in [1.54, 1.807) is 44.2 Å². The van der Waals surface area contributed by atoms with Crippen LogP contribution in [0, 0.1) is 5.92 Å². The predicted molar refractivity (Wildman–Crippen MR) is 314 cm³/mol. The zero-order chi connectivity index (χ0) is 64.8. The fourth-order valence-corrected chi connectivity index (χ4v) is 10.7. The number of hydrogen-bond donors (Lipinski definition) is 15. The van der Waals surface area contributed by atoms with Gasteiger partial charge >= 0.3 is 5.97 Å². The Balaban J connectivity index is 1.53. The number of fused-ring (bicyclic) bond motifs is 2. The number of primary amides is 1. The van der Waals surface area contributed by atoms with Crippen LogP contribution < -0.4 is 54.0 Å². The van der Waals surface area contributed by atoms with Gasteiger partial charge in [0.25, 0.3) is 0 Å². The number of nitrogens with zero attached hydrogens (tertiary/aromatic N) is 2. The summed E-state index contributed by atoms with van der Waals surface area (Å²) in [6.45, 7) is 2.93. The zero-order valence-corrected chi connectivity index (χ0v) is 49.8. The quantitative estimate of drug-likeness (QED) is 0.0730. The van der Waals surface area contributed by atoms with E-state index in [1.165, 1.54) is 41.0 Å². The number of amides is 11. The number of aliphatic hydroxyl groups is 3. The molecule has 3 aliphatic heterocycles. The van der Waals surface area contributed by atoms with E-state index < -0.39 is 169 Å². The van der Waals surface area contributed by atoms with Crippen molar-refractivity contribution in [2.75, 3.05) is 26.3 Å². The van der Waals surface area contributed by atoms with E-state index in [-0.39, 0.29) is 89.5 Å². The van der Waals surface area contributed by atoms with Gasteiger partial charge in [0.2, 0.25) is 65.0 Å². The van der Waals surface area contributed by atoms with Crippen LogP contribution in [0.5, 0.6) is 5.75 Å². The van der Waals surface area contributed by atoms with Gasteiger partial charge in [-0.2, -0.15) is 0 Å². The Morgan fingerprint density at radius 2 is 1.23 bits per heavy atom. The number of phenolic OH excluding ortho intramolecular Hbond substituents is 1. The highest BCUT2D eigenvalue weighted by molar-refractivity contribution is 5.99. The molecule has 484 valence electrons. The van der Waals surface area contributed by atoms with Crippen LogP contribution in [0.3, 0.4) is 0 Å². The molecule has 17 N–H and O–H groups in total. The molecule has 29 heteroatoms. The SMILES string of the molecule is CC[C@H](C)[C@@H]1NC(=O)[C@H](CO)NC(=O)[C@H](Cc2ccccc2)NC(=O)[C@H]([C@@H](C)O)NC(=O)[C@@H](NC(=O)[C@H](N)CO)CCCCCC[C@@H](C(=O)N[C@@H](Cc2ccc(O)cc2)C(=O)O)NC(=O)[C@H](CCC(N)=O)NC(=O)[C@@H]2CCCN2C(=O)[C@@H]2CCCN2C1=O. The number of nitrogens with two attached hydrogens (primary N) is 2. The second kappa shape index (κ2) is 34.3. The van der Waals surface area contributed by atoms with Crippen molar-refractivity contribution in [1.29, 1.82) is 0 Å². The number of carbonyl (C=O) groups is 12. The van der Waals surface area contributed by atoms with Crippen LogP contribution in [-0.4, -0.2) is 205 Å². The number of benzene rings is 2. The normalized spacial score (nSPS) is 25.9. The fourth-order valence-electron chi connectivity index (χ4n) is 10.7. The molecule has 2 aromatic rings. The lowest BCUT2D eigenvalue weighted by molar-refractivity contribution is -0.149. The number of rotatable bonds is 17. The van der Waals surface area contributed by atoms with E-state index in [2.05, 4.69) is 42.5 Å². The second-order valence-corrected chi connectivity index (χ2v) is 22.7. The van der Waals surface area contributed by atoms with Gasteiger partial charge in [-0.25, -0.2) is 4.79 Å². The molecule has 0 aromatic heterocycles. The molecule has 0 radical (unpaired) electrons. The Labute approximate surface area is 509 Å². The Morgan fingerprint density at radius 1 is 0.648 bits per heavy atom. The van der Waals surface area contributed by atoms with Crippen molar-refractivity contribution in [1.82, 2.24) is 52.3 Å². The van der Waals surface area contributed by atoms with Crippen molar-refractivity contribution in [2.45, 2.75) is 190 Å². The average molecular weight is 1240 g/mol. The maximum atomic E-state index is 14.7. The number of aliphatic carboxylic acids is 1. The third kappa shape index (κ3) is 20.4. The molecule has 2 aromatic carbocycles. The van der Waals surface area contributed by atoms with Gasteiger partial charge in [0.05, 0.1) is 19.3 Å². The summed E-state index contributed by atoms with van der Waals surface area (Å²) in [5.74, 6) is -12.0. The van der Waals surface area contributed by atoms with Crippen LogP contribution in [0.4, 0.5) is 0 Å². The Kier molecular flexibility index (Phi) is 27.5. The van der Waals surface area contributed by atoms with Crippen LogP contribution in [0.2, 0.25) is 0 Å². The van der Waals surface area contributed by atoms with Crippen molar-refractivity contribution >= 4 is 70.9 Å². The number of carbonyl (C=O) groups excluding carboxylic acids is 11. The van der Waals surface area contributed by atoms with E-state index in [0.29, 0.717) is 30.4 Å². The largest absolute Gasteiger partial charge is 0.508 e. The molecule has 0 aliphatic carbocycles. The Hall–Kier alpha value is -8.28. The fraction of sp³-hybridized carbons (Fsp3) is 0.593. The zero-order valence-electron chi connectivity index (χ0n) is 49.8. The van der Waals surface area contributed by atoms with E-state index in [9.17, 15) is 83.1 Å². The summed E-state index contributed by atoms with van der Waals surface area (Å²) in [5.41, 5.74) is 12.2. The predicted octanol–water partition coefficient (Wildman–Crippen LogP) is -3.52. The molecule has 3 heterocycles. The van der Waals surface area contributed by atoms with E-state index >= 15 is 0 Å². The molecule has 29 nitrogen and oxygen atoms in total. The second-order valence-electron chi connectivity index (χ2n) is 22.7. The standard InChI is InChI=1S/C59H86N12O17/c1-4-32(2)47-58(86)71-27-13-19-45(71)57(85)70-26-12-18-44(70)55(83)64-40(24-25-46(61)76)51(79)63-38(50(78)66-42(59(87)88)29-35-20-22-36(75)23-21-35)16-10-5-6-11-17-39(62-49(77)37(60)30-72)52(80)69-48(33(3)74)56(84)65-41(28-34-14-8-7-9-15-34)53(81)67-43(31-73)54(82)68-47/h7-9,14-15,20-23,32-33,37-45,47-48,72-75H,4-6,10-13,16-19,24-31,60H2,1-3H3,(H2,61,76)(H,62,77)(H,63,79)(H,64,83)(H,65,84)(H,66,78)(H,67,81)(H,68,82)(H,69,80)(H,87,88)/t32-,33+,37+,38-,39-,40-,41-,42-,43-,44-,45-,47-,48-/m0/s1. The molecular formula is C59H86N12O17. The highest BCUT2D eigenvalue weighted by Crippen LogP contribution is 2.27. The minimum absolute atomic E-state index is 0.0684. The summed E-state index contributed by atoms with van der Waals surface area (Å²) in [6, 6.07) is -2.33. The molecule has 0 saturated carbocycles. The molecular weight excluding hydrogens is 1150 g/mol. The number of aromatic hydroxyl groups is 1. The monoisotopic (exact) mass is 1230 g/mol.